The van der Waals surface area contributed by atoms with Crippen molar-refractivity contribution in [3.63, 3.8) is 0 Å². The van der Waals surface area contributed by atoms with Gasteiger partial charge < -0.3 is 9.67 Å². The van der Waals surface area contributed by atoms with E-state index in [-0.39, 0.29) is 17.9 Å². The summed E-state index contributed by atoms with van der Waals surface area (Å²) in [5.74, 6) is -1.41. The third-order valence-electron chi connectivity index (χ3n) is 4.30. The number of fused-ring (bicyclic) bond motifs is 1. The van der Waals surface area contributed by atoms with Crippen LogP contribution in [0.1, 0.15) is 15.9 Å². The van der Waals surface area contributed by atoms with Crippen LogP contribution in [-0.4, -0.2) is 30.4 Å². The summed E-state index contributed by atoms with van der Waals surface area (Å²) in [5, 5.41) is 13.4. The second kappa shape index (κ2) is 6.11. The van der Waals surface area contributed by atoms with Crippen LogP contribution in [0.15, 0.2) is 55.1 Å². The van der Waals surface area contributed by atoms with Crippen LogP contribution in [0, 0.1) is 5.82 Å². The van der Waals surface area contributed by atoms with E-state index < -0.39 is 5.97 Å². The number of rotatable bonds is 4. The molecule has 0 unspecified atom stereocenters. The molecule has 0 saturated heterocycles. The van der Waals surface area contributed by atoms with Crippen molar-refractivity contribution in [3.05, 3.63) is 72.1 Å². The fourth-order valence-corrected chi connectivity index (χ4v) is 3.02. The van der Waals surface area contributed by atoms with E-state index in [0.29, 0.717) is 16.6 Å². The Balaban J connectivity index is 1.72. The number of carbonyl (C=O) groups is 1. The number of pyridine rings is 1. The van der Waals surface area contributed by atoms with Gasteiger partial charge in [-0.3, -0.25) is 9.67 Å². The second-order valence-corrected chi connectivity index (χ2v) is 6.06. The van der Waals surface area contributed by atoms with Gasteiger partial charge in [-0.25, -0.2) is 9.18 Å². The quantitative estimate of drug-likeness (QED) is 0.613. The highest BCUT2D eigenvalue weighted by Gasteiger charge is 2.16. The van der Waals surface area contributed by atoms with E-state index in [2.05, 4.69) is 10.1 Å². The SMILES string of the molecule is Cn1cc(-c2ccc(Cn3cc(C(=O)O)c4ncccc43)c(F)c2)cn1. The van der Waals surface area contributed by atoms with Gasteiger partial charge in [0.05, 0.1) is 18.3 Å². The van der Waals surface area contributed by atoms with E-state index in [1.165, 1.54) is 12.3 Å². The Morgan fingerprint density at radius 1 is 1.23 bits per heavy atom. The standard InChI is InChI=1S/C19H15FN4O2/c1-23-9-14(8-22-23)12-4-5-13(16(20)7-12)10-24-11-15(19(25)26)18-17(24)3-2-6-21-18/h2-9,11H,10H2,1H3,(H,25,26). The first kappa shape index (κ1) is 16.0. The van der Waals surface area contributed by atoms with Gasteiger partial charge >= 0.3 is 5.97 Å². The molecule has 26 heavy (non-hydrogen) atoms. The molecule has 7 heteroatoms. The van der Waals surface area contributed by atoms with Crippen LogP contribution in [0.3, 0.4) is 0 Å². The maximum Gasteiger partial charge on any atom is 0.339 e. The molecule has 130 valence electrons. The molecule has 0 aliphatic heterocycles. The first-order chi connectivity index (χ1) is 12.5. The van der Waals surface area contributed by atoms with Gasteiger partial charge in [-0.05, 0) is 23.8 Å². The lowest BCUT2D eigenvalue weighted by Crippen LogP contribution is -2.01. The Morgan fingerprint density at radius 3 is 2.77 bits per heavy atom. The summed E-state index contributed by atoms with van der Waals surface area (Å²) in [6.07, 6.45) is 6.54. The van der Waals surface area contributed by atoms with Gasteiger partial charge in [-0.1, -0.05) is 12.1 Å². The van der Waals surface area contributed by atoms with Crippen molar-refractivity contribution in [2.45, 2.75) is 6.54 Å². The van der Waals surface area contributed by atoms with Crippen molar-refractivity contribution >= 4 is 17.0 Å². The third kappa shape index (κ3) is 2.73. The number of benzene rings is 1. The van der Waals surface area contributed by atoms with Crippen LogP contribution < -0.4 is 0 Å². The lowest BCUT2D eigenvalue weighted by Gasteiger charge is -2.08. The van der Waals surface area contributed by atoms with Crippen molar-refractivity contribution in [1.82, 2.24) is 19.3 Å². The fraction of sp³-hybridized carbons (Fsp3) is 0.105. The number of nitrogens with zero attached hydrogens (tertiary/aromatic N) is 4. The van der Waals surface area contributed by atoms with Gasteiger partial charge in [0.1, 0.15) is 16.9 Å². The van der Waals surface area contributed by atoms with Crippen molar-refractivity contribution < 1.29 is 14.3 Å². The van der Waals surface area contributed by atoms with E-state index >= 15 is 0 Å². The molecule has 1 N–H and O–H groups in total. The molecule has 0 fully saturated rings. The molecule has 0 spiro atoms. The molecular weight excluding hydrogens is 335 g/mol. The zero-order chi connectivity index (χ0) is 18.3. The van der Waals surface area contributed by atoms with E-state index in [9.17, 15) is 14.3 Å². The molecule has 0 saturated carbocycles. The molecule has 3 aromatic heterocycles. The summed E-state index contributed by atoms with van der Waals surface area (Å²) in [6, 6.07) is 8.51. The summed E-state index contributed by atoms with van der Waals surface area (Å²) in [7, 11) is 1.81. The molecule has 0 aliphatic rings. The zero-order valence-electron chi connectivity index (χ0n) is 13.9. The van der Waals surface area contributed by atoms with Gasteiger partial charge in [0, 0.05) is 36.8 Å². The molecule has 0 bridgehead atoms. The number of carboxylic acid groups (broad SMARTS) is 1. The Labute approximate surface area is 148 Å². The maximum atomic E-state index is 14.6. The largest absolute Gasteiger partial charge is 0.478 e. The highest BCUT2D eigenvalue weighted by atomic mass is 19.1. The lowest BCUT2D eigenvalue weighted by atomic mass is 10.1. The van der Waals surface area contributed by atoms with Crippen LogP contribution in [0.25, 0.3) is 22.2 Å². The molecule has 3 heterocycles. The Morgan fingerprint density at radius 2 is 2.08 bits per heavy atom. The van der Waals surface area contributed by atoms with Gasteiger partial charge in [-0.15, -0.1) is 0 Å². The number of hydrogen-bond acceptors (Lipinski definition) is 3. The number of carboxylic acids is 1. The van der Waals surface area contributed by atoms with E-state index in [0.717, 1.165) is 11.1 Å². The zero-order valence-corrected chi connectivity index (χ0v) is 13.9. The Hall–Kier alpha value is -3.48. The molecule has 0 atom stereocenters. The van der Waals surface area contributed by atoms with Crippen molar-refractivity contribution in [3.8, 4) is 11.1 Å². The minimum atomic E-state index is -1.06. The number of hydrogen-bond donors (Lipinski definition) is 1. The Kier molecular flexibility index (Phi) is 3.76. The summed E-state index contributed by atoms with van der Waals surface area (Å²) in [6.45, 7) is 0.217. The van der Waals surface area contributed by atoms with Crippen LogP contribution in [0.4, 0.5) is 4.39 Å². The monoisotopic (exact) mass is 350 g/mol. The normalized spacial score (nSPS) is 11.2. The minimum absolute atomic E-state index is 0.105. The topological polar surface area (TPSA) is 72.9 Å². The van der Waals surface area contributed by atoms with Crippen LogP contribution >= 0.6 is 0 Å². The second-order valence-electron chi connectivity index (χ2n) is 6.06. The number of aryl methyl sites for hydroxylation is 1. The van der Waals surface area contributed by atoms with Gasteiger partial charge in [0.2, 0.25) is 0 Å². The number of aromatic nitrogens is 4. The number of aromatic carboxylic acids is 1. The summed E-state index contributed by atoms with van der Waals surface area (Å²) < 4.78 is 18.0. The molecular formula is C19H15FN4O2. The molecule has 0 radical (unpaired) electrons. The van der Waals surface area contributed by atoms with Crippen molar-refractivity contribution in [1.29, 1.82) is 0 Å². The lowest BCUT2D eigenvalue weighted by molar-refractivity contribution is 0.0698. The average molecular weight is 350 g/mol. The first-order valence-corrected chi connectivity index (χ1v) is 7.97. The summed E-state index contributed by atoms with van der Waals surface area (Å²) in [4.78, 5) is 15.6. The van der Waals surface area contributed by atoms with Crippen molar-refractivity contribution in [2.75, 3.05) is 0 Å². The van der Waals surface area contributed by atoms with Crippen LogP contribution in [-0.2, 0) is 13.6 Å². The molecule has 6 nitrogen and oxygen atoms in total. The van der Waals surface area contributed by atoms with Crippen molar-refractivity contribution in [2.24, 2.45) is 7.05 Å². The molecule has 0 aliphatic carbocycles. The first-order valence-electron chi connectivity index (χ1n) is 7.97. The number of halogens is 1. The maximum absolute atomic E-state index is 14.6. The van der Waals surface area contributed by atoms with Gasteiger partial charge in [0.15, 0.2) is 0 Å². The predicted molar refractivity (Wildman–Crippen MR) is 94.4 cm³/mol. The minimum Gasteiger partial charge on any atom is -0.478 e. The average Bonchev–Trinajstić information content (AvgIpc) is 3.21. The van der Waals surface area contributed by atoms with E-state index in [1.54, 1.807) is 46.9 Å². The van der Waals surface area contributed by atoms with Crippen LogP contribution in [0.2, 0.25) is 0 Å². The molecule has 4 rings (SSSR count). The Bertz CT molecular complexity index is 1130. The van der Waals surface area contributed by atoms with Gasteiger partial charge in [-0.2, -0.15) is 5.10 Å². The van der Waals surface area contributed by atoms with Crippen LogP contribution in [0.5, 0.6) is 0 Å². The van der Waals surface area contributed by atoms with E-state index in [1.807, 2.05) is 12.3 Å². The predicted octanol–water partition coefficient (Wildman–Crippen LogP) is 3.32. The van der Waals surface area contributed by atoms with Gasteiger partial charge in [0.25, 0.3) is 0 Å². The highest BCUT2D eigenvalue weighted by Crippen LogP contribution is 2.24. The highest BCUT2D eigenvalue weighted by molar-refractivity contribution is 6.01. The fourth-order valence-electron chi connectivity index (χ4n) is 3.02. The van der Waals surface area contributed by atoms with E-state index in [4.69, 9.17) is 0 Å². The molecule has 0 amide bonds. The smallest absolute Gasteiger partial charge is 0.339 e. The molecule has 4 aromatic rings. The summed E-state index contributed by atoms with van der Waals surface area (Å²) >= 11 is 0. The summed E-state index contributed by atoms with van der Waals surface area (Å²) in [5.41, 5.74) is 3.20. The molecule has 1 aromatic carbocycles. The third-order valence-corrected chi connectivity index (χ3v) is 4.30.